The summed E-state index contributed by atoms with van der Waals surface area (Å²) in [6.45, 7) is 6.64. The van der Waals surface area contributed by atoms with Crippen molar-refractivity contribution in [2.75, 3.05) is 0 Å². The number of esters is 1. The highest BCUT2D eigenvalue weighted by molar-refractivity contribution is 7.96. The fourth-order valence-electron chi connectivity index (χ4n) is 4.64. The molecule has 180 valence electrons. The molecule has 1 unspecified atom stereocenters. The van der Waals surface area contributed by atoms with Crippen LogP contribution in [-0.2, 0) is 14.3 Å². The molecule has 3 aromatic rings. The van der Waals surface area contributed by atoms with Gasteiger partial charge in [-0.15, -0.1) is 6.58 Å². The molecular formula is C30H32NO3P. The summed E-state index contributed by atoms with van der Waals surface area (Å²) in [6, 6.07) is 30.1. The van der Waals surface area contributed by atoms with E-state index in [0.29, 0.717) is 18.3 Å². The summed E-state index contributed by atoms with van der Waals surface area (Å²) >= 11 is 0. The first-order valence-electron chi connectivity index (χ1n) is 11.9. The van der Waals surface area contributed by atoms with Crippen LogP contribution in [0.4, 0.5) is 0 Å². The fraction of sp³-hybridized carbons (Fsp3) is 0.233. The lowest BCUT2D eigenvalue weighted by Gasteiger charge is -2.45. The van der Waals surface area contributed by atoms with Gasteiger partial charge in [-0.3, -0.25) is 4.79 Å². The summed E-state index contributed by atoms with van der Waals surface area (Å²) in [6.07, 6.45) is 2.80. The van der Waals surface area contributed by atoms with Gasteiger partial charge in [0.25, 0.3) is 0 Å². The van der Waals surface area contributed by atoms with Crippen LogP contribution in [0.25, 0.3) is 0 Å². The van der Waals surface area contributed by atoms with E-state index in [1.54, 1.807) is 4.90 Å². The van der Waals surface area contributed by atoms with E-state index in [2.05, 4.69) is 43.0 Å². The lowest BCUT2D eigenvalue weighted by atomic mass is 9.99. The van der Waals surface area contributed by atoms with Crippen molar-refractivity contribution >= 4 is 40.1 Å². The molecule has 1 aliphatic rings. The third-order valence-electron chi connectivity index (χ3n) is 6.04. The van der Waals surface area contributed by atoms with E-state index in [4.69, 9.17) is 4.74 Å². The van der Waals surface area contributed by atoms with Gasteiger partial charge in [0.1, 0.15) is 11.0 Å². The van der Waals surface area contributed by atoms with Crippen molar-refractivity contribution < 1.29 is 14.3 Å². The number of rotatable bonds is 7. The van der Waals surface area contributed by atoms with Gasteiger partial charge >= 0.3 is 5.97 Å². The monoisotopic (exact) mass is 485 g/mol. The van der Waals surface area contributed by atoms with Gasteiger partial charge in [0.15, 0.2) is 0 Å². The lowest BCUT2D eigenvalue weighted by molar-refractivity contribution is -0.150. The molecule has 5 heteroatoms. The first kappa shape index (κ1) is 24.8. The second-order valence-electron chi connectivity index (χ2n) is 9.65. The molecule has 1 saturated heterocycles. The number of hydrogen-bond donors (Lipinski definition) is 0. The van der Waals surface area contributed by atoms with Crippen LogP contribution in [0.1, 0.15) is 33.6 Å². The van der Waals surface area contributed by atoms with Gasteiger partial charge in [-0.25, -0.2) is 4.79 Å². The number of carbonyl (C=O) groups is 2. The van der Waals surface area contributed by atoms with E-state index in [0.717, 1.165) is 15.9 Å². The molecule has 0 radical (unpaired) electrons. The molecule has 3 aromatic carbocycles. The van der Waals surface area contributed by atoms with Crippen LogP contribution in [0.2, 0.25) is 0 Å². The van der Waals surface area contributed by atoms with Crippen LogP contribution >= 0.6 is 6.89 Å². The minimum absolute atomic E-state index is 0.0649. The molecule has 1 aliphatic heterocycles. The van der Waals surface area contributed by atoms with E-state index >= 15 is 0 Å². The fourth-order valence-corrected chi connectivity index (χ4v) is 9.05. The molecule has 4 rings (SSSR count). The molecule has 1 heterocycles. The third kappa shape index (κ3) is 4.76. The van der Waals surface area contributed by atoms with Crippen molar-refractivity contribution in [1.82, 2.24) is 4.90 Å². The van der Waals surface area contributed by atoms with Gasteiger partial charge in [-0.05, 0) is 43.1 Å². The number of likely N-dealkylation sites (tertiary alicyclic amines) is 1. The summed E-state index contributed by atoms with van der Waals surface area (Å²) in [5, 5.41) is 2.99. The Morgan fingerprint density at radius 2 is 1.34 bits per heavy atom. The van der Waals surface area contributed by atoms with Crippen molar-refractivity contribution in [2.45, 2.75) is 45.3 Å². The first-order valence-corrected chi connectivity index (χ1v) is 13.7. The molecule has 35 heavy (non-hydrogen) atoms. The zero-order valence-electron chi connectivity index (χ0n) is 20.6. The average molecular weight is 486 g/mol. The van der Waals surface area contributed by atoms with Crippen LogP contribution in [0.5, 0.6) is 0 Å². The predicted octanol–water partition coefficient (Wildman–Crippen LogP) is 4.63. The number of benzene rings is 3. The van der Waals surface area contributed by atoms with Crippen molar-refractivity contribution in [1.29, 1.82) is 0 Å². The molecule has 0 saturated carbocycles. The summed E-state index contributed by atoms with van der Waals surface area (Å²) in [5.41, 5.74) is -0.289. The highest BCUT2D eigenvalue weighted by Gasteiger charge is 2.47. The highest BCUT2D eigenvalue weighted by Crippen LogP contribution is 2.49. The molecule has 1 amide bonds. The van der Waals surface area contributed by atoms with E-state index in [1.165, 1.54) is 0 Å². The van der Waals surface area contributed by atoms with Gasteiger partial charge in [0, 0.05) is 19.3 Å². The second-order valence-corrected chi connectivity index (χ2v) is 13.0. The quantitative estimate of drug-likeness (QED) is 0.212. The Morgan fingerprint density at radius 1 is 0.914 bits per heavy atom. The smallest absolute Gasteiger partial charge is 0.356 e. The molecule has 0 bridgehead atoms. The van der Waals surface area contributed by atoms with E-state index in [-0.39, 0.29) is 11.9 Å². The number of ether oxygens (including phenoxy) is 1. The number of hydrogen-bond acceptors (Lipinski definition) is 3. The number of amides is 1. The predicted molar refractivity (Wildman–Crippen MR) is 146 cm³/mol. The molecule has 1 fully saturated rings. The standard InChI is InChI=1S/C30H32NO3P/c1-5-15-23-22-27(32)31(23)28(29(33)34-30(2,3)4)35(24-16-9-6-10-17-24,25-18-11-7-12-19-25)26-20-13-8-14-21-26/h5-14,16-21,23H,1,15,22H2,2-4H3. The van der Waals surface area contributed by atoms with E-state index in [1.807, 2.05) is 81.4 Å². The normalized spacial score (nSPS) is 15.8. The minimum Gasteiger partial charge on any atom is -0.455 e. The Bertz CT molecular complexity index is 1160. The molecular weight excluding hydrogens is 453 g/mol. The Hall–Kier alpha value is -3.36. The SMILES string of the molecule is C=CCC1CC(=O)N1C(C(=O)OC(C)(C)C)=P(c1ccccc1)(c1ccccc1)c1ccccc1. The van der Waals surface area contributed by atoms with Crippen LogP contribution in [0, 0.1) is 0 Å². The minimum atomic E-state index is -2.81. The maximum absolute atomic E-state index is 14.2. The van der Waals surface area contributed by atoms with Crippen LogP contribution in [0.15, 0.2) is 104 Å². The molecule has 0 N–H and O–H groups in total. The Kier molecular flexibility index (Phi) is 7.14. The highest BCUT2D eigenvalue weighted by atomic mass is 31.2. The summed E-state index contributed by atoms with van der Waals surface area (Å²) in [4.78, 5) is 29.2. The average Bonchev–Trinajstić information content (AvgIpc) is 2.84. The summed E-state index contributed by atoms with van der Waals surface area (Å²) in [7, 11) is 0. The number of nitrogens with zero attached hydrogens (tertiary/aromatic N) is 1. The Morgan fingerprint density at radius 3 is 1.69 bits per heavy atom. The molecule has 4 nitrogen and oxygen atoms in total. The van der Waals surface area contributed by atoms with E-state index in [9.17, 15) is 9.59 Å². The number of β-lactam (4-membered cyclic amide) rings is 1. The molecule has 0 spiro atoms. The van der Waals surface area contributed by atoms with Gasteiger partial charge in [0.2, 0.25) is 5.91 Å². The molecule has 0 aliphatic carbocycles. The van der Waals surface area contributed by atoms with Crippen molar-refractivity contribution in [2.24, 2.45) is 0 Å². The maximum atomic E-state index is 14.2. The van der Waals surface area contributed by atoms with Gasteiger partial charge in [-0.1, -0.05) is 97.1 Å². The summed E-state index contributed by atoms with van der Waals surface area (Å²) in [5.74, 6) is -0.519. The zero-order valence-corrected chi connectivity index (χ0v) is 21.4. The third-order valence-corrected chi connectivity index (χ3v) is 10.3. The van der Waals surface area contributed by atoms with Gasteiger partial charge in [-0.2, -0.15) is 0 Å². The molecule has 0 aromatic heterocycles. The maximum Gasteiger partial charge on any atom is 0.356 e. The van der Waals surface area contributed by atoms with Crippen LogP contribution in [-0.4, -0.2) is 33.8 Å². The van der Waals surface area contributed by atoms with E-state index < -0.39 is 18.5 Å². The summed E-state index contributed by atoms with van der Waals surface area (Å²) < 4.78 is 6.03. The van der Waals surface area contributed by atoms with Crippen LogP contribution < -0.4 is 15.9 Å². The van der Waals surface area contributed by atoms with Gasteiger partial charge in [0.05, 0.1) is 0 Å². The largest absolute Gasteiger partial charge is 0.455 e. The Balaban J connectivity index is 2.22. The zero-order chi connectivity index (χ0) is 25.1. The van der Waals surface area contributed by atoms with Crippen molar-refractivity contribution in [3.8, 4) is 0 Å². The number of carbonyl (C=O) groups excluding carboxylic acids is 2. The second kappa shape index (κ2) is 10.1. The topological polar surface area (TPSA) is 46.6 Å². The van der Waals surface area contributed by atoms with Crippen LogP contribution in [0.3, 0.4) is 0 Å². The molecule has 1 atom stereocenters. The Labute approximate surface area is 208 Å². The van der Waals surface area contributed by atoms with Gasteiger partial charge < -0.3 is 9.64 Å². The van der Waals surface area contributed by atoms with Crippen molar-refractivity contribution in [3.05, 3.63) is 104 Å². The van der Waals surface area contributed by atoms with Crippen molar-refractivity contribution in [3.63, 3.8) is 0 Å². The first-order chi connectivity index (χ1) is 16.8. The lowest BCUT2D eigenvalue weighted by Crippen LogP contribution is -2.60.